The SMILES string of the molecule is CCNc1ncc(Cl)c(N2CCN(C)CC2C)n1. The minimum atomic E-state index is 0.408. The van der Waals surface area contributed by atoms with Crippen LogP contribution in [0.1, 0.15) is 13.8 Å². The van der Waals surface area contributed by atoms with Gasteiger partial charge in [0.25, 0.3) is 0 Å². The summed E-state index contributed by atoms with van der Waals surface area (Å²) in [6.07, 6.45) is 1.67. The molecule has 6 heteroatoms. The number of hydrogen-bond donors (Lipinski definition) is 1. The van der Waals surface area contributed by atoms with E-state index in [0.717, 1.165) is 32.0 Å². The normalized spacial score (nSPS) is 21.1. The molecule has 0 radical (unpaired) electrons. The van der Waals surface area contributed by atoms with E-state index in [4.69, 9.17) is 11.6 Å². The fourth-order valence-electron chi connectivity index (χ4n) is 2.26. The summed E-state index contributed by atoms with van der Waals surface area (Å²) in [6, 6.07) is 0.408. The smallest absolute Gasteiger partial charge is 0.224 e. The summed E-state index contributed by atoms with van der Waals surface area (Å²) >= 11 is 6.22. The lowest BCUT2D eigenvalue weighted by Gasteiger charge is -2.39. The van der Waals surface area contributed by atoms with Crippen molar-refractivity contribution in [3.8, 4) is 0 Å². The third kappa shape index (κ3) is 2.84. The molecule has 1 atom stereocenters. The lowest BCUT2D eigenvalue weighted by Crippen LogP contribution is -2.51. The standard InChI is InChI=1S/C12H20ClN5/c1-4-14-12-15-7-10(13)11(16-12)18-6-5-17(3)8-9(18)2/h7,9H,4-6,8H2,1-3H3,(H,14,15,16). The van der Waals surface area contributed by atoms with Gasteiger partial charge in [0.15, 0.2) is 5.82 Å². The zero-order valence-electron chi connectivity index (χ0n) is 11.1. The van der Waals surface area contributed by atoms with Crippen LogP contribution in [0.4, 0.5) is 11.8 Å². The van der Waals surface area contributed by atoms with Crippen LogP contribution in [0.15, 0.2) is 6.20 Å². The van der Waals surface area contributed by atoms with Gasteiger partial charge in [-0.05, 0) is 20.9 Å². The molecule has 2 heterocycles. The molecular formula is C12H20ClN5. The number of nitrogens with one attached hydrogen (secondary N) is 1. The average Bonchev–Trinajstić information content (AvgIpc) is 2.33. The molecule has 0 aliphatic carbocycles. The van der Waals surface area contributed by atoms with Crippen molar-refractivity contribution >= 4 is 23.4 Å². The number of anilines is 2. The summed E-state index contributed by atoms with van der Waals surface area (Å²) in [5.41, 5.74) is 0. The Hall–Kier alpha value is -1.07. The van der Waals surface area contributed by atoms with E-state index in [-0.39, 0.29) is 0 Å². The van der Waals surface area contributed by atoms with Gasteiger partial charge in [-0.2, -0.15) is 4.98 Å². The van der Waals surface area contributed by atoms with Crippen molar-refractivity contribution in [1.29, 1.82) is 0 Å². The maximum Gasteiger partial charge on any atom is 0.224 e. The summed E-state index contributed by atoms with van der Waals surface area (Å²) in [6.45, 7) is 8.02. The van der Waals surface area contributed by atoms with Crippen molar-refractivity contribution in [2.24, 2.45) is 0 Å². The molecule has 1 saturated heterocycles. The molecular weight excluding hydrogens is 250 g/mol. The van der Waals surface area contributed by atoms with Crippen molar-refractivity contribution in [3.63, 3.8) is 0 Å². The van der Waals surface area contributed by atoms with Gasteiger partial charge >= 0.3 is 0 Å². The Labute approximate surface area is 113 Å². The number of likely N-dealkylation sites (N-methyl/N-ethyl adjacent to an activating group) is 1. The van der Waals surface area contributed by atoms with E-state index in [1.165, 1.54) is 0 Å². The average molecular weight is 270 g/mol. The Morgan fingerprint density at radius 2 is 2.28 bits per heavy atom. The van der Waals surface area contributed by atoms with E-state index in [0.29, 0.717) is 17.0 Å². The van der Waals surface area contributed by atoms with Crippen LogP contribution in [0.25, 0.3) is 0 Å². The first-order valence-electron chi connectivity index (χ1n) is 6.33. The lowest BCUT2D eigenvalue weighted by atomic mass is 10.2. The van der Waals surface area contributed by atoms with Crippen LogP contribution in [-0.2, 0) is 0 Å². The number of rotatable bonds is 3. The summed E-state index contributed by atoms with van der Waals surface area (Å²) in [5, 5.41) is 3.74. The monoisotopic (exact) mass is 269 g/mol. The van der Waals surface area contributed by atoms with Crippen LogP contribution in [0.3, 0.4) is 0 Å². The second-order valence-corrected chi connectivity index (χ2v) is 5.11. The maximum absolute atomic E-state index is 6.22. The Morgan fingerprint density at radius 1 is 1.50 bits per heavy atom. The summed E-state index contributed by atoms with van der Waals surface area (Å²) < 4.78 is 0. The van der Waals surface area contributed by atoms with E-state index < -0.39 is 0 Å². The predicted molar refractivity (Wildman–Crippen MR) is 75.5 cm³/mol. The topological polar surface area (TPSA) is 44.3 Å². The minimum absolute atomic E-state index is 0.408. The van der Waals surface area contributed by atoms with Gasteiger partial charge in [-0.1, -0.05) is 11.6 Å². The Bertz CT molecular complexity index is 411. The van der Waals surface area contributed by atoms with E-state index in [1.807, 2.05) is 6.92 Å². The van der Waals surface area contributed by atoms with Crippen molar-refractivity contribution in [2.75, 3.05) is 43.4 Å². The first kappa shape index (κ1) is 13.4. The molecule has 0 spiro atoms. The van der Waals surface area contributed by atoms with Gasteiger partial charge in [0.05, 0.1) is 6.20 Å². The predicted octanol–water partition coefficient (Wildman–Crippen LogP) is 1.70. The molecule has 1 aliphatic heterocycles. The van der Waals surface area contributed by atoms with Crippen molar-refractivity contribution in [1.82, 2.24) is 14.9 Å². The highest BCUT2D eigenvalue weighted by Crippen LogP contribution is 2.26. The molecule has 1 aromatic heterocycles. The first-order valence-corrected chi connectivity index (χ1v) is 6.71. The molecule has 18 heavy (non-hydrogen) atoms. The van der Waals surface area contributed by atoms with Crippen LogP contribution in [-0.4, -0.2) is 54.1 Å². The second kappa shape index (κ2) is 5.71. The molecule has 0 saturated carbocycles. The highest BCUT2D eigenvalue weighted by atomic mass is 35.5. The molecule has 1 unspecified atom stereocenters. The van der Waals surface area contributed by atoms with Gasteiger partial charge in [-0.25, -0.2) is 4.98 Å². The third-order valence-electron chi connectivity index (χ3n) is 3.16. The van der Waals surface area contributed by atoms with Crippen LogP contribution in [0.5, 0.6) is 0 Å². The number of halogens is 1. The largest absolute Gasteiger partial charge is 0.354 e. The number of nitrogens with zero attached hydrogens (tertiary/aromatic N) is 4. The molecule has 1 N–H and O–H groups in total. The van der Waals surface area contributed by atoms with Crippen molar-refractivity contribution in [2.45, 2.75) is 19.9 Å². The molecule has 1 aromatic rings. The third-order valence-corrected chi connectivity index (χ3v) is 3.43. The molecule has 0 amide bonds. The summed E-state index contributed by atoms with van der Waals surface area (Å²) in [7, 11) is 2.14. The highest BCUT2D eigenvalue weighted by Gasteiger charge is 2.24. The molecule has 1 fully saturated rings. The molecule has 2 rings (SSSR count). The maximum atomic E-state index is 6.22. The zero-order chi connectivity index (χ0) is 13.1. The first-order chi connectivity index (χ1) is 8.61. The number of piperazine rings is 1. The van der Waals surface area contributed by atoms with E-state index >= 15 is 0 Å². The second-order valence-electron chi connectivity index (χ2n) is 4.70. The van der Waals surface area contributed by atoms with Gasteiger partial charge in [-0.3, -0.25) is 0 Å². The number of hydrogen-bond acceptors (Lipinski definition) is 5. The molecule has 100 valence electrons. The zero-order valence-corrected chi connectivity index (χ0v) is 11.9. The summed E-state index contributed by atoms with van der Waals surface area (Å²) in [5.74, 6) is 1.48. The van der Waals surface area contributed by atoms with Crippen LogP contribution < -0.4 is 10.2 Å². The van der Waals surface area contributed by atoms with Crippen LogP contribution in [0, 0.1) is 0 Å². The van der Waals surface area contributed by atoms with Gasteiger partial charge in [0, 0.05) is 32.2 Å². The van der Waals surface area contributed by atoms with Gasteiger partial charge in [0.2, 0.25) is 5.95 Å². The van der Waals surface area contributed by atoms with Crippen LogP contribution >= 0.6 is 11.6 Å². The van der Waals surface area contributed by atoms with Crippen LogP contribution in [0.2, 0.25) is 5.02 Å². The Morgan fingerprint density at radius 3 is 2.94 bits per heavy atom. The van der Waals surface area contributed by atoms with E-state index in [1.54, 1.807) is 6.20 Å². The van der Waals surface area contributed by atoms with Gasteiger partial charge < -0.3 is 15.1 Å². The fourth-order valence-corrected chi connectivity index (χ4v) is 2.46. The molecule has 5 nitrogen and oxygen atoms in total. The molecule has 0 bridgehead atoms. The molecule has 0 aromatic carbocycles. The molecule has 1 aliphatic rings. The minimum Gasteiger partial charge on any atom is -0.354 e. The Kier molecular flexibility index (Phi) is 4.24. The highest BCUT2D eigenvalue weighted by molar-refractivity contribution is 6.32. The number of aromatic nitrogens is 2. The van der Waals surface area contributed by atoms with Gasteiger partial charge in [0.1, 0.15) is 5.02 Å². The van der Waals surface area contributed by atoms with Gasteiger partial charge in [-0.15, -0.1) is 0 Å². The quantitative estimate of drug-likeness (QED) is 0.905. The fraction of sp³-hybridized carbons (Fsp3) is 0.667. The van der Waals surface area contributed by atoms with Crippen molar-refractivity contribution < 1.29 is 0 Å². The lowest BCUT2D eigenvalue weighted by molar-refractivity contribution is 0.274. The van der Waals surface area contributed by atoms with E-state index in [9.17, 15) is 0 Å². The van der Waals surface area contributed by atoms with E-state index in [2.05, 4.69) is 39.1 Å². The van der Waals surface area contributed by atoms with Crippen molar-refractivity contribution in [3.05, 3.63) is 11.2 Å². The summed E-state index contributed by atoms with van der Waals surface area (Å²) in [4.78, 5) is 13.3. The Balaban J connectivity index is 2.23.